The summed E-state index contributed by atoms with van der Waals surface area (Å²) >= 11 is 0. The smallest absolute Gasteiger partial charge is 0.0584 e. The highest BCUT2D eigenvalue weighted by atomic mass is 16.3. The molecule has 0 spiro atoms. The van der Waals surface area contributed by atoms with Gasteiger partial charge in [-0.05, 0) is 24.9 Å². The molecule has 4 heteroatoms. The first-order chi connectivity index (χ1) is 6.76. The van der Waals surface area contributed by atoms with E-state index in [4.69, 9.17) is 5.11 Å². The van der Waals surface area contributed by atoms with Crippen molar-refractivity contribution < 1.29 is 5.11 Å². The third kappa shape index (κ3) is 3.47. The third-order valence-electron chi connectivity index (χ3n) is 2.32. The summed E-state index contributed by atoms with van der Waals surface area (Å²) in [4.78, 5) is 0. The van der Waals surface area contributed by atoms with E-state index in [1.807, 2.05) is 19.4 Å². The highest BCUT2D eigenvalue weighted by molar-refractivity contribution is 5.03. The minimum Gasteiger partial charge on any atom is -0.395 e. The van der Waals surface area contributed by atoms with E-state index in [1.54, 1.807) is 4.68 Å². The Morgan fingerprint density at radius 1 is 1.64 bits per heavy atom. The Morgan fingerprint density at radius 2 is 2.43 bits per heavy atom. The molecule has 0 radical (unpaired) electrons. The monoisotopic (exact) mass is 197 g/mol. The Kier molecular flexibility index (Phi) is 4.62. The van der Waals surface area contributed by atoms with Crippen LogP contribution in [0.25, 0.3) is 0 Å². The first kappa shape index (κ1) is 11.2. The number of aromatic nitrogens is 2. The summed E-state index contributed by atoms with van der Waals surface area (Å²) in [6.07, 6.45) is 5.82. The van der Waals surface area contributed by atoms with E-state index in [0.29, 0.717) is 0 Å². The Labute approximate surface area is 84.9 Å². The van der Waals surface area contributed by atoms with Crippen molar-refractivity contribution in [2.24, 2.45) is 7.05 Å². The lowest BCUT2D eigenvalue weighted by atomic mass is 10.2. The van der Waals surface area contributed by atoms with Crippen LogP contribution in [0, 0.1) is 0 Å². The normalized spacial score (nSPS) is 13.1. The molecule has 0 aromatic carbocycles. The zero-order valence-corrected chi connectivity index (χ0v) is 8.90. The average molecular weight is 197 g/mol. The lowest BCUT2D eigenvalue weighted by Crippen LogP contribution is -2.33. The first-order valence-corrected chi connectivity index (χ1v) is 5.08. The van der Waals surface area contributed by atoms with Crippen molar-refractivity contribution in [2.75, 3.05) is 13.2 Å². The van der Waals surface area contributed by atoms with Gasteiger partial charge in [0.2, 0.25) is 0 Å². The lowest BCUT2D eigenvalue weighted by Gasteiger charge is -2.12. The molecule has 0 aliphatic carbocycles. The van der Waals surface area contributed by atoms with Crippen LogP contribution in [0.3, 0.4) is 0 Å². The van der Waals surface area contributed by atoms with Crippen molar-refractivity contribution >= 4 is 0 Å². The van der Waals surface area contributed by atoms with Gasteiger partial charge in [0.25, 0.3) is 0 Å². The second kappa shape index (κ2) is 5.78. The summed E-state index contributed by atoms with van der Waals surface area (Å²) in [6.45, 7) is 3.17. The number of hydrogen-bond acceptors (Lipinski definition) is 3. The van der Waals surface area contributed by atoms with Gasteiger partial charge < -0.3 is 10.4 Å². The van der Waals surface area contributed by atoms with Gasteiger partial charge in [-0.15, -0.1) is 0 Å². The SMILES string of the molecule is CCC(CO)NCCc1cnn(C)c1. The number of aliphatic hydroxyl groups excluding tert-OH is 1. The molecule has 80 valence electrons. The number of aliphatic hydroxyl groups is 1. The molecular formula is C10H19N3O. The molecular weight excluding hydrogens is 178 g/mol. The molecule has 1 aromatic heterocycles. The minimum atomic E-state index is 0.212. The molecule has 0 amide bonds. The van der Waals surface area contributed by atoms with Crippen molar-refractivity contribution in [3.8, 4) is 0 Å². The molecule has 0 aliphatic heterocycles. The maximum absolute atomic E-state index is 8.95. The number of hydrogen-bond donors (Lipinski definition) is 2. The van der Waals surface area contributed by atoms with E-state index in [1.165, 1.54) is 5.56 Å². The Hall–Kier alpha value is -0.870. The van der Waals surface area contributed by atoms with Crippen molar-refractivity contribution in [1.29, 1.82) is 0 Å². The van der Waals surface area contributed by atoms with Crippen LogP contribution >= 0.6 is 0 Å². The van der Waals surface area contributed by atoms with Crippen LogP contribution in [0.15, 0.2) is 12.4 Å². The van der Waals surface area contributed by atoms with Crippen LogP contribution in [0.2, 0.25) is 0 Å². The first-order valence-electron chi connectivity index (χ1n) is 5.08. The molecule has 0 aliphatic rings. The zero-order valence-electron chi connectivity index (χ0n) is 8.90. The van der Waals surface area contributed by atoms with E-state index >= 15 is 0 Å². The molecule has 0 bridgehead atoms. The zero-order chi connectivity index (χ0) is 10.4. The molecule has 1 aromatic rings. The highest BCUT2D eigenvalue weighted by Gasteiger charge is 2.02. The second-order valence-corrected chi connectivity index (χ2v) is 3.51. The molecule has 2 N–H and O–H groups in total. The fourth-order valence-electron chi connectivity index (χ4n) is 1.36. The summed E-state index contributed by atoms with van der Waals surface area (Å²) in [6, 6.07) is 0.228. The van der Waals surface area contributed by atoms with Gasteiger partial charge in [-0.2, -0.15) is 5.10 Å². The maximum Gasteiger partial charge on any atom is 0.0584 e. The number of aryl methyl sites for hydroxylation is 1. The van der Waals surface area contributed by atoms with Gasteiger partial charge in [-0.3, -0.25) is 4.68 Å². The molecule has 0 saturated heterocycles. The highest BCUT2D eigenvalue weighted by Crippen LogP contribution is 1.97. The van der Waals surface area contributed by atoms with Crippen molar-refractivity contribution in [3.63, 3.8) is 0 Å². The molecule has 1 unspecified atom stereocenters. The Balaban J connectivity index is 2.21. The third-order valence-corrected chi connectivity index (χ3v) is 2.32. The standard InChI is InChI=1S/C10H19N3O/c1-3-10(8-14)11-5-4-9-6-12-13(2)7-9/h6-7,10-11,14H,3-5,8H2,1-2H3. The predicted molar refractivity (Wildman–Crippen MR) is 56.1 cm³/mol. The van der Waals surface area contributed by atoms with Gasteiger partial charge >= 0.3 is 0 Å². The van der Waals surface area contributed by atoms with Gasteiger partial charge in [0.05, 0.1) is 12.8 Å². The van der Waals surface area contributed by atoms with Gasteiger partial charge in [0.15, 0.2) is 0 Å². The van der Waals surface area contributed by atoms with Crippen molar-refractivity contribution in [1.82, 2.24) is 15.1 Å². The van der Waals surface area contributed by atoms with Gasteiger partial charge in [-0.1, -0.05) is 6.92 Å². The van der Waals surface area contributed by atoms with Crippen LogP contribution in [0.5, 0.6) is 0 Å². The summed E-state index contributed by atoms with van der Waals surface area (Å²) in [5.74, 6) is 0. The molecule has 0 fully saturated rings. The van der Waals surface area contributed by atoms with Gasteiger partial charge in [0.1, 0.15) is 0 Å². The average Bonchev–Trinajstić information content (AvgIpc) is 2.59. The number of nitrogens with zero attached hydrogens (tertiary/aromatic N) is 2. The summed E-state index contributed by atoms with van der Waals surface area (Å²) in [5.41, 5.74) is 1.23. The van der Waals surface area contributed by atoms with Crippen LogP contribution in [-0.2, 0) is 13.5 Å². The van der Waals surface area contributed by atoms with Crippen LogP contribution in [-0.4, -0.2) is 34.1 Å². The largest absolute Gasteiger partial charge is 0.395 e. The van der Waals surface area contributed by atoms with E-state index in [-0.39, 0.29) is 12.6 Å². The summed E-state index contributed by atoms with van der Waals surface area (Å²) < 4.78 is 1.80. The molecule has 1 heterocycles. The van der Waals surface area contributed by atoms with E-state index in [0.717, 1.165) is 19.4 Å². The molecule has 0 saturated carbocycles. The second-order valence-electron chi connectivity index (χ2n) is 3.51. The lowest BCUT2D eigenvalue weighted by molar-refractivity contribution is 0.240. The summed E-state index contributed by atoms with van der Waals surface area (Å²) in [5, 5.41) is 16.3. The fourth-order valence-corrected chi connectivity index (χ4v) is 1.36. The fraction of sp³-hybridized carbons (Fsp3) is 0.700. The van der Waals surface area contributed by atoms with Crippen LogP contribution < -0.4 is 5.32 Å². The Morgan fingerprint density at radius 3 is 2.93 bits per heavy atom. The van der Waals surface area contributed by atoms with E-state index in [9.17, 15) is 0 Å². The minimum absolute atomic E-state index is 0.212. The van der Waals surface area contributed by atoms with Gasteiger partial charge in [-0.25, -0.2) is 0 Å². The molecule has 14 heavy (non-hydrogen) atoms. The number of rotatable bonds is 6. The predicted octanol–water partition coefficient (Wildman–Crippen LogP) is 0.323. The molecule has 1 atom stereocenters. The van der Waals surface area contributed by atoms with E-state index in [2.05, 4.69) is 17.3 Å². The molecule has 4 nitrogen and oxygen atoms in total. The van der Waals surface area contributed by atoms with Gasteiger partial charge in [0, 0.05) is 19.3 Å². The quantitative estimate of drug-likeness (QED) is 0.690. The van der Waals surface area contributed by atoms with E-state index < -0.39 is 0 Å². The molecule has 1 rings (SSSR count). The van der Waals surface area contributed by atoms with Crippen LogP contribution in [0.1, 0.15) is 18.9 Å². The van der Waals surface area contributed by atoms with Crippen molar-refractivity contribution in [3.05, 3.63) is 18.0 Å². The maximum atomic E-state index is 8.95. The topological polar surface area (TPSA) is 50.1 Å². The summed E-state index contributed by atoms with van der Waals surface area (Å²) in [7, 11) is 1.92. The van der Waals surface area contributed by atoms with Crippen LogP contribution in [0.4, 0.5) is 0 Å². The Bertz CT molecular complexity index is 256. The number of nitrogens with one attached hydrogen (secondary N) is 1. The van der Waals surface area contributed by atoms with Crippen molar-refractivity contribution in [2.45, 2.75) is 25.8 Å².